The van der Waals surface area contributed by atoms with E-state index in [2.05, 4.69) is 62.4 Å². The third-order valence-corrected chi connectivity index (χ3v) is 3.97. The Morgan fingerprint density at radius 2 is 1.78 bits per heavy atom. The van der Waals surface area contributed by atoms with Gasteiger partial charge < -0.3 is 5.73 Å². The highest BCUT2D eigenvalue weighted by atomic mass is 32.2. The molecule has 0 fully saturated rings. The van der Waals surface area contributed by atoms with Gasteiger partial charge in [-0.1, -0.05) is 48.5 Å². The molecular weight excluding hydrogens is 238 g/mol. The van der Waals surface area contributed by atoms with Crippen molar-refractivity contribution in [2.75, 3.05) is 0 Å². The van der Waals surface area contributed by atoms with Gasteiger partial charge >= 0.3 is 0 Å². The number of rotatable bonds is 4. The summed E-state index contributed by atoms with van der Waals surface area (Å²) >= 11 is 1.79. The fraction of sp³-hybridized carbons (Fsp3) is 0.250. The molecule has 18 heavy (non-hydrogen) atoms. The summed E-state index contributed by atoms with van der Waals surface area (Å²) in [5, 5.41) is 0. The third kappa shape index (κ3) is 3.37. The Hall–Kier alpha value is -1.25. The van der Waals surface area contributed by atoms with E-state index < -0.39 is 0 Å². The molecule has 0 aliphatic carbocycles. The lowest BCUT2D eigenvalue weighted by Gasteiger charge is -2.09. The van der Waals surface area contributed by atoms with Crippen molar-refractivity contribution in [3.05, 3.63) is 59.7 Å². The van der Waals surface area contributed by atoms with E-state index >= 15 is 0 Å². The third-order valence-electron chi connectivity index (χ3n) is 2.97. The van der Waals surface area contributed by atoms with Gasteiger partial charge in [-0.05, 0) is 43.2 Å². The first-order valence-electron chi connectivity index (χ1n) is 6.29. The molecule has 0 saturated heterocycles. The van der Waals surface area contributed by atoms with E-state index in [0.29, 0.717) is 0 Å². The standard InChI is InChI=1S/C16H19NS/c1-3-16(17)13-7-9-14(10-8-13)18-15-6-4-5-12(2)11-15/h4-11,16H,3,17H2,1-2H3/t16-/m0/s1. The van der Waals surface area contributed by atoms with Crippen LogP contribution in [0.25, 0.3) is 0 Å². The zero-order valence-electron chi connectivity index (χ0n) is 10.9. The van der Waals surface area contributed by atoms with E-state index in [1.807, 2.05) is 0 Å². The Morgan fingerprint density at radius 3 is 2.39 bits per heavy atom. The normalized spacial score (nSPS) is 12.4. The van der Waals surface area contributed by atoms with Gasteiger partial charge in [-0.2, -0.15) is 0 Å². The van der Waals surface area contributed by atoms with Crippen LogP contribution in [0.1, 0.15) is 30.5 Å². The summed E-state index contributed by atoms with van der Waals surface area (Å²) in [6.45, 7) is 4.23. The zero-order valence-corrected chi connectivity index (χ0v) is 11.7. The molecule has 2 aromatic rings. The SMILES string of the molecule is CC[C@H](N)c1ccc(Sc2cccc(C)c2)cc1. The number of nitrogens with two attached hydrogens (primary N) is 1. The van der Waals surface area contributed by atoms with Gasteiger partial charge in [0.2, 0.25) is 0 Å². The molecule has 0 aromatic heterocycles. The zero-order chi connectivity index (χ0) is 13.0. The molecule has 2 heteroatoms. The van der Waals surface area contributed by atoms with E-state index in [4.69, 9.17) is 5.73 Å². The molecule has 0 amide bonds. The van der Waals surface area contributed by atoms with Crippen LogP contribution in [0.5, 0.6) is 0 Å². The second kappa shape index (κ2) is 6.07. The number of hydrogen-bond acceptors (Lipinski definition) is 2. The summed E-state index contributed by atoms with van der Waals surface area (Å²) in [7, 11) is 0. The average Bonchev–Trinajstić information content (AvgIpc) is 2.39. The second-order valence-corrected chi connectivity index (χ2v) is 5.65. The number of benzene rings is 2. The number of hydrogen-bond donors (Lipinski definition) is 1. The van der Waals surface area contributed by atoms with Gasteiger partial charge in [0.1, 0.15) is 0 Å². The quantitative estimate of drug-likeness (QED) is 0.869. The maximum atomic E-state index is 6.01. The lowest BCUT2D eigenvalue weighted by Crippen LogP contribution is -2.07. The molecule has 1 nitrogen and oxygen atoms in total. The van der Waals surface area contributed by atoms with Crippen LogP contribution in [0.4, 0.5) is 0 Å². The van der Waals surface area contributed by atoms with Crippen LogP contribution in [0.15, 0.2) is 58.3 Å². The first-order valence-corrected chi connectivity index (χ1v) is 7.10. The molecular formula is C16H19NS. The van der Waals surface area contributed by atoms with Gasteiger partial charge in [0.05, 0.1) is 0 Å². The maximum Gasteiger partial charge on any atom is 0.0292 e. The van der Waals surface area contributed by atoms with Crippen molar-refractivity contribution in [2.24, 2.45) is 5.73 Å². The highest BCUT2D eigenvalue weighted by molar-refractivity contribution is 7.99. The summed E-state index contributed by atoms with van der Waals surface area (Å²) in [6, 6.07) is 17.3. The van der Waals surface area contributed by atoms with Gasteiger partial charge in [0.25, 0.3) is 0 Å². The Morgan fingerprint density at radius 1 is 1.06 bits per heavy atom. The van der Waals surface area contributed by atoms with Crippen LogP contribution < -0.4 is 5.73 Å². The Labute approximate surface area is 113 Å². The summed E-state index contributed by atoms with van der Waals surface area (Å²) in [6.07, 6.45) is 0.977. The predicted molar refractivity (Wildman–Crippen MR) is 79.0 cm³/mol. The van der Waals surface area contributed by atoms with Gasteiger partial charge in [-0.3, -0.25) is 0 Å². The van der Waals surface area contributed by atoms with E-state index in [0.717, 1.165) is 6.42 Å². The van der Waals surface area contributed by atoms with Gasteiger partial charge in [0, 0.05) is 15.8 Å². The molecule has 1 atom stereocenters. The number of aryl methyl sites for hydroxylation is 1. The molecule has 0 spiro atoms. The molecule has 0 unspecified atom stereocenters. The van der Waals surface area contributed by atoms with Crippen LogP contribution in [0.3, 0.4) is 0 Å². The summed E-state index contributed by atoms with van der Waals surface area (Å²) in [4.78, 5) is 2.54. The Balaban J connectivity index is 2.11. The smallest absolute Gasteiger partial charge is 0.0292 e. The van der Waals surface area contributed by atoms with Crippen LogP contribution in [-0.2, 0) is 0 Å². The molecule has 0 aliphatic rings. The van der Waals surface area contributed by atoms with Crippen molar-refractivity contribution in [3.8, 4) is 0 Å². The fourth-order valence-corrected chi connectivity index (χ4v) is 2.77. The van der Waals surface area contributed by atoms with Crippen LogP contribution in [-0.4, -0.2) is 0 Å². The Bertz CT molecular complexity index is 505. The summed E-state index contributed by atoms with van der Waals surface area (Å²) < 4.78 is 0. The van der Waals surface area contributed by atoms with E-state index in [1.165, 1.54) is 20.9 Å². The minimum atomic E-state index is 0.156. The molecule has 2 N–H and O–H groups in total. The predicted octanol–water partition coefficient (Wildman–Crippen LogP) is 4.56. The minimum Gasteiger partial charge on any atom is -0.324 e. The van der Waals surface area contributed by atoms with Crippen molar-refractivity contribution in [1.29, 1.82) is 0 Å². The monoisotopic (exact) mass is 257 g/mol. The first kappa shape index (κ1) is 13.2. The van der Waals surface area contributed by atoms with E-state index in [1.54, 1.807) is 11.8 Å². The fourth-order valence-electron chi connectivity index (χ4n) is 1.83. The van der Waals surface area contributed by atoms with Crippen molar-refractivity contribution >= 4 is 11.8 Å². The molecule has 0 bridgehead atoms. The highest BCUT2D eigenvalue weighted by Gasteiger charge is 2.03. The topological polar surface area (TPSA) is 26.0 Å². The molecule has 2 rings (SSSR count). The van der Waals surface area contributed by atoms with Crippen molar-refractivity contribution < 1.29 is 0 Å². The molecule has 2 aromatic carbocycles. The molecule has 94 valence electrons. The molecule has 0 saturated carbocycles. The first-order chi connectivity index (χ1) is 8.69. The lowest BCUT2D eigenvalue weighted by molar-refractivity contribution is 0.698. The molecule has 0 radical (unpaired) electrons. The Kier molecular flexibility index (Phi) is 4.45. The second-order valence-electron chi connectivity index (χ2n) is 4.50. The minimum absolute atomic E-state index is 0.156. The van der Waals surface area contributed by atoms with Gasteiger partial charge in [0.15, 0.2) is 0 Å². The van der Waals surface area contributed by atoms with E-state index in [-0.39, 0.29) is 6.04 Å². The van der Waals surface area contributed by atoms with Crippen LogP contribution in [0.2, 0.25) is 0 Å². The van der Waals surface area contributed by atoms with Crippen molar-refractivity contribution in [2.45, 2.75) is 36.1 Å². The van der Waals surface area contributed by atoms with Crippen LogP contribution in [0, 0.1) is 6.92 Å². The summed E-state index contributed by atoms with van der Waals surface area (Å²) in [5.41, 5.74) is 8.52. The van der Waals surface area contributed by atoms with E-state index in [9.17, 15) is 0 Å². The summed E-state index contributed by atoms with van der Waals surface area (Å²) in [5.74, 6) is 0. The average molecular weight is 257 g/mol. The molecule has 0 aliphatic heterocycles. The maximum absolute atomic E-state index is 6.01. The van der Waals surface area contributed by atoms with Gasteiger partial charge in [-0.15, -0.1) is 0 Å². The molecule has 0 heterocycles. The van der Waals surface area contributed by atoms with Crippen molar-refractivity contribution in [3.63, 3.8) is 0 Å². The highest BCUT2D eigenvalue weighted by Crippen LogP contribution is 2.29. The van der Waals surface area contributed by atoms with Crippen molar-refractivity contribution in [1.82, 2.24) is 0 Å². The van der Waals surface area contributed by atoms with Crippen LogP contribution >= 0.6 is 11.8 Å². The largest absolute Gasteiger partial charge is 0.324 e. The lowest BCUT2D eigenvalue weighted by atomic mass is 10.1. The van der Waals surface area contributed by atoms with Gasteiger partial charge in [-0.25, -0.2) is 0 Å².